The van der Waals surface area contributed by atoms with Gasteiger partial charge in [-0.05, 0) is 99.7 Å². The molecule has 21 heteroatoms. The van der Waals surface area contributed by atoms with Gasteiger partial charge in [-0.1, -0.05) is 68.7 Å². The second-order valence-corrected chi connectivity index (χ2v) is 19.3. The predicted molar refractivity (Wildman–Crippen MR) is 290 cm³/mol. The molecule has 402 valence electrons. The number of nitrogens with zero attached hydrogens (tertiary/aromatic N) is 7. The third kappa shape index (κ3) is 17.4. The van der Waals surface area contributed by atoms with E-state index in [2.05, 4.69) is 25.8 Å². The average Bonchev–Trinajstić information content (AvgIpc) is 3.45. The summed E-state index contributed by atoms with van der Waals surface area (Å²) in [6.45, 7) is 5.02. The zero-order chi connectivity index (χ0) is 55.2. The number of ketones is 1. The number of unbranched alkanes of at least 4 members (excludes halogenated alkanes) is 3. The zero-order valence-corrected chi connectivity index (χ0v) is 44.1. The number of amides is 1. The van der Waals surface area contributed by atoms with Crippen LogP contribution < -0.4 is 15.0 Å². The molecular weight excluding hydrogens is 996 g/mol. The van der Waals surface area contributed by atoms with Crippen molar-refractivity contribution in [1.82, 2.24) is 10.3 Å². The van der Waals surface area contributed by atoms with E-state index in [1.54, 1.807) is 56.3 Å². The molecule has 0 bridgehead atoms. The molecule has 2 unspecified atom stereocenters. The van der Waals surface area contributed by atoms with Gasteiger partial charge < -0.3 is 29.3 Å². The smallest absolute Gasteiger partial charge is 0.472 e. The molecule has 6 aromatic rings. The number of Topliss-reactive ketones (excluding diaryl/α,β-unsaturated/α-hetero) is 1. The van der Waals surface area contributed by atoms with Crippen molar-refractivity contribution >= 4 is 81.4 Å². The third-order valence-corrected chi connectivity index (χ3v) is 13.1. The van der Waals surface area contributed by atoms with Crippen LogP contribution in [0.4, 0.5) is 34.1 Å². The van der Waals surface area contributed by atoms with Crippen molar-refractivity contribution < 1.29 is 53.4 Å². The summed E-state index contributed by atoms with van der Waals surface area (Å²) in [7, 11) is -3.16. The van der Waals surface area contributed by atoms with Gasteiger partial charge in [-0.25, -0.2) is 14.3 Å². The summed E-state index contributed by atoms with van der Waals surface area (Å²) in [5.74, 6) is -1.25. The summed E-state index contributed by atoms with van der Waals surface area (Å²) < 4.78 is 48.2. The number of para-hydroxylation sites is 2. The van der Waals surface area contributed by atoms with Crippen LogP contribution in [-0.4, -0.2) is 92.2 Å². The molecule has 0 aliphatic rings. The lowest BCUT2D eigenvalue weighted by molar-refractivity contribution is -0.384. The first-order chi connectivity index (χ1) is 37.2. The van der Waals surface area contributed by atoms with Crippen molar-refractivity contribution in [2.75, 3.05) is 64.7 Å². The first kappa shape index (κ1) is 56.4. The number of likely N-dealkylation sites (N-methyl/N-ethyl adjacent to an activating group) is 1. The number of nitrogens with one attached hydrogen (secondary N) is 1. The summed E-state index contributed by atoms with van der Waals surface area (Å²) in [5, 5.41) is 33.0. The maximum absolute atomic E-state index is 13.7. The molecule has 0 saturated carbocycles. The van der Waals surface area contributed by atoms with Crippen molar-refractivity contribution in [2.24, 2.45) is 26.4 Å². The number of phosphoric ester groups is 1. The highest BCUT2D eigenvalue weighted by atomic mass is 31.2. The number of hydrogen-bond acceptors (Lipinski definition) is 17. The molecule has 0 radical (unpaired) electrons. The van der Waals surface area contributed by atoms with E-state index in [4.69, 9.17) is 29.6 Å². The molecular formula is C55H65N8O12P. The number of phosphoric acid groups is 1. The number of pyridine rings is 1. The highest BCUT2D eigenvalue weighted by molar-refractivity contribution is 7.47. The zero-order valence-electron chi connectivity index (χ0n) is 44.2. The lowest BCUT2D eigenvalue weighted by Crippen LogP contribution is -2.30. The summed E-state index contributed by atoms with van der Waals surface area (Å²) >= 11 is 0. The molecule has 0 fully saturated rings. The van der Waals surface area contributed by atoms with Gasteiger partial charge in [-0.2, -0.15) is 5.11 Å². The number of aromatic nitrogens is 1. The minimum absolute atomic E-state index is 0.00216. The van der Waals surface area contributed by atoms with Crippen LogP contribution in [0.25, 0.3) is 21.8 Å². The third-order valence-electron chi connectivity index (χ3n) is 12.1. The first-order valence-electron chi connectivity index (χ1n) is 25.7. The largest absolute Gasteiger partial charge is 0.494 e. The number of ether oxygens (including phenoxy) is 3. The number of aryl methyl sites for hydroxylation is 2. The Hall–Kier alpha value is -7.35. The number of carbonyl (C=O) groups excluding carboxylic acids is 3. The molecule has 20 nitrogen and oxygen atoms in total. The van der Waals surface area contributed by atoms with E-state index in [9.17, 15) is 34.0 Å². The highest BCUT2D eigenvalue weighted by Crippen LogP contribution is 2.44. The number of esters is 1. The van der Waals surface area contributed by atoms with Crippen LogP contribution in [0, 0.1) is 29.9 Å². The Morgan fingerprint density at radius 3 is 2.25 bits per heavy atom. The molecule has 1 aromatic heterocycles. The monoisotopic (exact) mass is 1060 g/mol. The molecule has 5 aromatic carbocycles. The second kappa shape index (κ2) is 29.1. The van der Waals surface area contributed by atoms with Crippen molar-refractivity contribution in [3.8, 4) is 5.75 Å². The van der Waals surface area contributed by atoms with Gasteiger partial charge in [0, 0.05) is 67.5 Å². The van der Waals surface area contributed by atoms with Gasteiger partial charge in [0.15, 0.2) is 11.5 Å². The Morgan fingerprint density at radius 2 is 1.55 bits per heavy atom. The van der Waals surface area contributed by atoms with Gasteiger partial charge in [0.25, 0.3) is 5.69 Å². The number of carbonyl (C=O) groups is 3. The Labute approximate surface area is 443 Å². The van der Waals surface area contributed by atoms with Crippen LogP contribution in [0.15, 0.2) is 124 Å². The molecule has 0 saturated heterocycles. The molecule has 76 heavy (non-hydrogen) atoms. The summed E-state index contributed by atoms with van der Waals surface area (Å²) in [6, 6.07) is 30.1. The second-order valence-electron chi connectivity index (χ2n) is 17.8. The molecule has 1 heterocycles. The lowest BCUT2D eigenvalue weighted by atomic mass is 9.95. The van der Waals surface area contributed by atoms with E-state index in [-0.39, 0.29) is 69.5 Å². The van der Waals surface area contributed by atoms with Crippen molar-refractivity contribution in [2.45, 2.75) is 72.6 Å². The molecule has 6 rings (SSSR count). The molecule has 1 amide bonds. The quantitative estimate of drug-likeness (QED) is 0.00600. The predicted octanol–water partition coefficient (Wildman–Crippen LogP) is 12.6. The minimum atomic E-state index is -4.63. The van der Waals surface area contributed by atoms with Crippen molar-refractivity contribution in [3.63, 3.8) is 0 Å². The molecule has 2 atom stereocenters. The fourth-order valence-corrected chi connectivity index (χ4v) is 8.80. The van der Waals surface area contributed by atoms with Gasteiger partial charge in [-0.3, -0.25) is 28.8 Å². The van der Waals surface area contributed by atoms with Gasteiger partial charge >= 0.3 is 13.8 Å². The van der Waals surface area contributed by atoms with Crippen LogP contribution in [0.1, 0.15) is 81.6 Å². The highest BCUT2D eigenvalue weighted by Gasteiger charge is 2.25. The maximum atomic E-state index is 13.7. The summed E-state index contributed by atoms with van der Waals surface area (Å²) in [5.41, 5.74) is 5.50. The standard InChI is InChI=1S/C55H65N8O12P/c1-6-8-28-56-53(65)36-72-37-54(66)73-34-40(16-10-9-11-21-51(64)55-43-17-12-14-19-45(43)57-46-20-15-13-18-44(46)55)35-75-76(69,70)74-30-29-62(7-2)42-25-23-41(24-26-42)58-61-49-32-39(4)48(33-52(49)71-5)60-59-47-27-22-38(3)31-50(47)63(67)68/h12-15,17-20,22-27,31-33,40H,6-11,16,21,28-30,34-37H2,1-5H3,(H,56,65)(H,69,70)/i2D. The number of rotatable bonds is 31. The number of azo groups is 2. The number of benzene rings is 5. The number of hydrogen-bond donors (Lipinski definition) is 2. The fraction of sp³-hybridized carbons (Fsp3) is 0.382. The maximum Gasteiger partial charge on any atom is 0.472 e. The van der Waals surface area contributed by atoms with Crippen LogP contribution in [0.3, 0.4) is 0 Å². The van der Waals surface area contributed by atoms with E-state index >= 15 is 0 Å². The first-order valence-corrected chi connectivity index (χ1v) is 26.5. The lowest BCUT2D eigenvalue weighted by Gasteiger charge is -2.24. The van der Waals surface area contributed by atoms with E-state index in [1.807, 2.05) is 60.4 Å². The Kier molecular flexibility index (Phi) is 21.6. The van der Waals surface area contributed by atoms with Gasteiger partial charge in [0.2, 0.25) is 5.91 Å². The van der Waals surface area contributed by atoms with Crippen molar-refractivity contribution in [1.29, 1.82) is 0 Å². The van der Waals surface area contributed by atoms with Crippen LogP contribution >= 0.6 is 7.82 Å². The van der Waals surface area contributed by atoms with E-state index in [0.29, 0.717) is 78.3 Å². The van der Waals surface area contributed by atoms with E-state index in [1.165, 1.54) is 19.2 Å². The van der Waals surface area contributed by atoms with E-state index in [0.717, 1.165) is 40.2 Å². The van der Waals surface area contributed by atoms with Crippen molar-refractivity contribution in [3.05, 3.63) is 130 Å². The normalized spacial score (nSPS) is 12.9. The van der Waals surface area contributed by atoms with Crippen LogP contribution in [-0.2, 0) is 32.7 Å². The Balaban J connectivity index is 1.02. The topological polar surface area (TPSA) is 255 Å². The summed E-state index contributed by atoms with van der Waals surface area (Å²) in [6.07, 6.45) is 4.25. The minimum Gasteiger partial charge on any atom is -0.494 e. The SMILES string of the molecule is [2H]CCN(CCOP(=O)(O)OCC(CCCCCC(=O)c1c2ccccc2nc2ccccc12)COC(=O)COCC(=O)NCCCC)c1ccc(N=Nc2cc(C)c(N=Nc3ccc(C)cc3[N+](=O)[O-])cc2OC)cc1. The van der Waals surface area contributed by atoms with Gasteiger partial charge in [0.1, 0.15) is 24.7 Å². The number of anilines is 1. The van der Waals surface area contributed by atoms with Crippen LogP contribution in [0.5, 0.6) is 5.75 Å². The molecule has 2 N–H and O–H groups in total. The number of nitro groups is 1. The molecule has 0 spiro atoms. The van der Waals surface area contributed by atoms with E-state index < -0.39 is 31.2 Å². The van der Waals surface area contributed by atoms with Gasteiger partial charge in [-0.15, -0.1) is 15.3 Å². The number of nitro benzene ring substituents is 1. The van der Waals surface area contributed by atoms with Crippen LogP contribution in [0.2, 0.25) is 0 Å². The average molecular weight is 1060 g/mol. The summed E-state index contributed by atoms with van der Waals surface area (Å²) in [4.78, 5) is 66.8. The number of methoxy groups -OCH3 is 1. The number of fused-ring (bicyclic) bond motifs is 2. The fourth-order valence-electron chi connectivity index (χ4n) is 8.01. The van der Waals surface area contributed by atoms with Gasteiger partial charge in [0.05, 0.1) is 54.3 Å². The molecule has 0 aliphatic carbocycles. The Morgan fingerprint density at radius 1 is 0.842 bits per heavy atom. The molecule has 0 aliphatic heterocycles. The Bertz CT molecular complexity index is 3040.